The molecular weight excluding hydrogens is 228 g/mol. The van der Waals surface area contributed by atoms with Gasteiger partial charge in [0.05, 0.1) is 6.54 Å². The molecule has 3 nitrogen and oxygen atoms in total. The molecule has 0 fully saturated rings. The van der Waals surface area contributed by atoms with Crippen LogP contribution < -0.4 is 5.32 Å². The molecule has 1 N–H and O–H groups in total. The minimum atomic E-state index is -2.44. The van der Waals surface area contributed by atoms with Crippen molar-refractivity contribution in [2.45, 2.75) is 45.9 Å². The summed E-state index contributed by atoms with van der Waals surface area (Å²) >= 11 is 0. The molecule has 0 atom stereocenters. The molecular formula is C12H19F2NO2. The normalized spacial score (nSPS) is 12.4. The molecule has 0 aliphatic carbocycles. The molecule has 0 saturated carbocycles. The fourth-order valence-electron chi connectivity index (χ4n) is 1.20. The Labute approximate surface area is 100 Å². The molecule has 0 aliphatic heterocycles. The number of nitrogens with one attached hydrogen (secondary N) is 1. The molecule has 0 amide bonds. The van der Waals surface area contributed by atoms with Crippen LogP contribution in [0.4, 0.5) is 8.78 Å². The van der Waals surface area contributed by atoms with Crippen LogP contribution in [0.5, 0.6) is 0 Å². The van der Waals surface area contributed by atoms with Gasteiger partial charge in [0.1, 0.15) is 24.7 Å². The van der Waals surface area contributed by atoms with E-state index in [0.717, 1.165) is 5.76 Å². The summed E-state index contributed by atoms with van der Waals surface area (Å²) in [6.45, 7) is 6.31. The van der Waals surface area contributed by atoms with Crippen molar-refractivity contribution in [3.8, 4) is 0 Å². The third kappa shape index (κ3) is 6.38. The average molecular weight is 247 g/mol. The molecule has 1 aromatic rings. The van der Waals surface area contributed by atoms with Crippen LogP contribution in [0.15, 0.2) is 16.5 Å². The molecule has 0 aliphatic rings. The molecule has 0 spiro atoms. The van der Waals surface area contributed by atoms with Gasteiger partial charge in [-0.3, -0.25) is 0 Å². The Morgan fingerprint density at radius 1 is 1.29 bits per heavy atom. The Morgan fingerprint density at radius 2 is 1.94 bits per heavy atom. The van der Waals surface area contributed by atoms with Crippen molar-refractivity contribution in [2.24, 2.45) is 0 Å². The van der Waals surface area contributed by atoms with Crippen molar-refractivity contribution >= 4 is 0 Å². The van der Waals surface area contributed by atoms with E-state index in [-0.39, 0.29) is 12.1 Å². The number of ether oxygens (including phenoxy) is 1. The second kappa shape index (κ2) is 6.12. The predicted molar refractivity (Wildman–Crippen MR) is 61.0 cm³/mol. The third-order valence-electron chi connectivity index (χ3n) is 2.00. The van der Waals surface area contributed by atoms with Crippen molar-refractivity contribution in [2.75, 3.05) is 6.61 Å². The first kappa shape index (κ1) is 14.1. The number of rotatable bonds is 6. The standard InChI is InChI=1S/C12H19F2NO2/c1-12(2,3)15-6-9-4-5-10(17-9)7-16-8-11(13)14/h4-5,11,15H,6-8H2,1-3H3. The van der Waals surface area contributed by atoms with Gasteiger partial charge in [-0.1, -0.05) is 0 Å². The van der Waals surface area contributed by atoms with Gasteiger partial charge in [-0.25, -0.2) is 8.78 Å². The molecule has 5 heteroatoms. The molecule has 98 valence electrons. The quantitative estimate of drug-likeness (QED) is 0.839. The summed E-state index contributed by atoms with van der Waals surface area (Å²) in [4.78, 5) is 0. The monoisotopic (exact) mass is 247 g/mol. The largest absolute Gasteiger partial charge is 0.462 e. The zero-order chi connectivity index (χ0) is 12.9. The molecule has 0 radical (unpaired) electrons. The van der Waals surface area contributed by atoms with Gasteiger partial charge < -0.3 is 14.5 Å². The smallest absolute Gasteiger partial charge is 0.261 e. The lowest BCUT2D eigenvalue weighted by molar-refractivity contribution is 0.00424. The maximum Gasteiger partial charge on any atom is 0.261 e. The summed E-state index contributed by atoms with van der Waals surface area (Å²) in [5.74, 6) is 1.34. The molecule has 0 aromatic carbocycles. The van der Waals surface area contributed by atoms with Gasteiger partial charge in [-0.15, -0.1) is 0 Å². The van der Waals surface area contributed by atoms with E-state index < -0.39 is 13.0 Å². The third-order valence-corrected chi connectivity index (χ3v) is 2.00. The van der Waals surface area contributed by atoms with Crippen molar-refractivity contribution in [3.63, 3.8) is 0 Å². The topological polar surface area (TPSA) is 34.4 Å². The van der Waals surface area contributed by atoms with Crippen molar-refractivity contribution in [1.29, 1.82) is 0 Å². The van der Waals surface area contributed by atoms with Gasteiger partial charge >= 0.3 is 0 Å². The lowest BCUT2D eigenvalue weighted by atomic mass is 10.1. The van der Waals surface area contributed by atoms with E-state index in [9.17, 15) is 8.78 Å². The highest BCUT2D eigenvalue weighted by atomic mass is 19.3. The summed E-state index contributed by atoms with van der Waals surface area (Å²) in [6, 6.07) is 3.56. The van der Waals surface area contributed by atoms with E-state index >= 15 is 0 Å². The fourth-order valence-corrected chi connectivity index (χ4v) is 1.20. The molecule has 1 heterocycles. The summed E-state index contributed by atoms with van der Waals surface area (Å²) in [5.41, 5.74) is 0.0130. The van der Waals surface area contributed by atoms with Crippen LogP contribution in [0.25, 0.3) is 0 Å². The number of furan rings is 1. The Bertz CT molecular complexity index is 331. The molecule has 1 aromatic heterocycles. The Hall–Kier alpha value is -0.940. The Morgan fingerprint density at radius 3 is 2.53 bits per heavy atom. The summed E-state index contributed by atoms with van der Waals surface area (Å²) < 4.78 is 33.9. The maximum absolute atomic E-state index is 11.8. The van der Waals surface area contributed by atoms with E-state index in [1.54, 1.807) is 6.07 Å². The highest BCUT2D eigenvalue weighted by molar-refractivity contribution is 5.06. The highest BCUT2D eigenvalue weighted by Gasteiger charge is 2.10. The number of alkyl halides is 2. The Kier molecular flexibility index (Phi) is 5.08. The predicted octanol–water partition coefficient (Wildman–Crippen LogP) is 2.95. The highest BCUT2D eigenvalue weighted by Crippen LogP contribution is 2.11. The lowest BCUT2D eigenvalue weighted by Gasteiger charge is -2.19. The van der Waals surface area contributed by atoms with Crippen LogP contribution in [-0.4, -0.2) is 18.6 Å². The van der Waals surface area contributed by atoms with Crippen molar-refractivity contribution in [1.82, 2.24) is 5.32 Å². The molecule has 17 heavy (non-hydrogen) atoms. The van der Waals surface area contributed by atoms with Crippen molar-refractivity contribution in [3.05, 3.63) is 23.7 Å². The van der Waals surface area contributed by atoms with Crippen LogP contribution in [0, 0.1) is 0 Å². The fraction of sp³-hybridized carbons (Fsp3) is 0.667. The van der Waals surface area contributed by atoms with Gasteiger partial charge in [-0.2, -0.15) is 0 Å². The zero-order valence-corrected chi connectivity index (χ0v) is 10.4. The first-order valence-corrected chi connectivity index (χ1v) is 5.55. The van der Waals surface area contributed by atoms with Crippen LogP contribution in [0.3, 0.4) is 0 Å². The Balaban J connectivity index is 2.32. The van der Waals surface area contributed by atoms with Gasteiger partial charge in [0.2, 0.25) is 0 Å². The van der Waals surface area contributed by atoms with Crippen LogP contribution in [-0.2, 0) is 17.9 Å². The molecule has 1 rings (SSSR count). The van der Waals surface area contributed by atoms with Gasteiger partial charge in [-0.05, 0) is 32.9 Å². The zero-order valence-electron chi connectivity index (χ0n) is 10.4. The van der Waals surface area contributed by atoms with E-state index in [2.05, 4.69) is 26.1 Å². The van der Waals surface area contributed by atoms with Crippen LogP contribution in [0.2, 0.25) is 0 Å². The maximum atomic E-state index is 11.8. The summed E-state index contributed by atoms with van der Waals surface area (Å²) in [6.07, 6.45) is -2.44. The van der Waals surface area contributed by atoms with E-state index in [1.165, 1.54) is 0 Å². The van der Waals surface area contributed by atoms with Crippen LogP contribution >= 0.6 is 0 Å². The average Bonchev–Trinajstić information content (AvgIpc) is 2.61. The van der Waals surface area contributed by atoms with Crippen molar-refractivity contribution < 1.29 is 17.9 Å². The minimum absolute atomic E-state index is 0.0130. The molecule has 0 unspecified atom stereocenters. The minimum Gasteiger partial charge on any atom is -0.462 e. The van der Waals surface area contributed by atoms with Gasteiger partial charge in [0.25, 0.3) is 6.43 Å². The number of hydrogen-bond donors (Lipinski definition) is 1. The lowest BCUT2D eigenvalue weighted by Crippen LogP contribution is -2.34. The van der Waals surface area contributed by atoms with Crippen LogP contribution in [0.1, 0.15) is 32.3 Å². The van der Waals surface area contributed by atoms with Gasteiger partial charge in [0, 0.05) is 5.54 Å². The summed E-state index contributed by atoms with van der Waals surface area (Å²) in [5, 5.41) is 3.27. The molecule has 0 saturated heterocycles. The number of hydrogen-bond acceptors (Lipinski definition) is 3. The van der Waals surface area contributed by atoms with E-state index in [0.29, 0.717) is 12.3 Å². The van der Waals surface area contributed by atoms with E-state index in [1.807, 2.05) is 6.07 Å². The first-order valence-electron chi connectivity index (χ1n) is 5.55. The number of halogens is 2. The second-order valence-electron chi connectivity index (χ2n) is 4.88. The van der Waals surface area contributed by atoms with Gasteiger partial charge in [0.15, 0.2) is 0 Å². The first-order chi connectivity index (χ1) is 7.87. The summed E-state index contributed by atoms with van der Waals surface area (Å²) in [7, 11) is 0. The second-order valence-corrected chi connectivity index (χ2v) is 4.88. The SMILES string of the molecule is CC(C)(C)NCc1ccc(COCC(F)F)o1. The van der Waals surface area contributed by atoms with E-state index in [4.69, 9.17) is 9.15 Å². The molecule has 0 bridgehead atoms.